The summed E-state index contributed by atoms with van der Waals surface area (Å²) in [5.41, 5.74) is 3.45. The first-order chi connectivity index (χ1) is 15.5. The van der Waals surface area contributed by atoms with Crippen LogP contribution in [-0.4, -0.2) is 24.3 Å². The van der Waals surface area contributed by atoms with Crippen LogP contribution in [0.1, 0.15) is 17.0 Å². The van der Waals surface area contributed by atoms with Crippen LogP contribution in [0, 0.1) is 6.92 Å². The van der Waals surface area contributed by atoms with Gasteiger partial charge in [0.2, 0.25) is 5.89 Å². The van der Waals surface area contributed by atoms with Gasteiger partial charge in [0.1, 0.15) is 17.0 Å². The molecule has 0 spiro atoms. The van der Waals surface area contributed by atoms with E-state index in [2.05, 4.69) is 10.1 Å². The molecule has 0 saturated heterocycles. The molecule has 0 fully saturated rings. The highest BCUT2D eigenvalue weighted by Crippen LogP contribution is 2.26. The maximum absolute atomic E-state index is 13.3. The molecule has 8 heteroatoms. The Balaban J connectivity index is 1.55. The second kappa shape index (κ2) is 8.11. The zero-order valence-corrected chi connectivity index (χ0v) is 18.0. The van der Waals surface area contributed by atoms with Gasteiger partial charge in [-0.1, -0.05) is 41.9 Å². The lowest BCUT2D eigenvalue weighted by atomic mass is 10.1. The van der Waals surface area contributed by atoms with Crippen LogP contribution in [0.2, 0.25) is 5.02 Å². The van der Waals surface area contributed by atoms with E-state index < -0.39 is 0 Å². The minimum absolute atomic E-state index is 0.231. The molecule has 1 N–H and O–H groups in total. The van der Waals surface area contributed by atoms with E-state index >= 15 is 0 Å². The molecular weight excluding hydrogens is 428 g/mol. The topological polar surface area (TPSA) is 85.6 Å². The van der Waals surface area contributed by atoms with Gasteiger partial charge in [0.25, 0.3) is 5.56 Å². The van der Waals surface area contributed by atoms with Crippen LogP contribution in [0.3, 0.4) is 0 Å². The van der Waals surface area contributed by atoms with E-state index in [1.54, 1.807) is 29.1 Å². The van der Waals surface area contributed by atoms with Crippen molar-refractivity contribution in [3.63, 3.8) is 0 Å². The molecule has 0 bridgehead atoms. The van der Waals surface area contributed by atoms with Crippen LogP contribution < -0.4 is 5.56 Å². The van der Waals surface area contributed by atoms with Gasteiger partial charge in [-0.2, -0.15) is 5.10 Å². The lowest BCUT2D eigenvalue weighted by molar-refractivity contribution is 0.283. The maximum atomic E-state index is 13.3. The fraction of sp³-hybridized carbons (Fsp3) is 0.125. The second-order valence-corrected chi connectivity index (χ2v) is 7.84. The molecule has 3 heterocycles. The predicted octanol–water partition coefficient (Wildman–Crippen LogP) is 4.32. The minimum Gasteiger partial charge on any atom is -0.441 e. The summed E-state index contributed by atoms with van der Waals surface area (Å²) in [6.07, 6.45) is 3.37. The smallest absolute Gasteiger partial charge is 0.277 e. The van der Waals surface area contributed by atoms with E-state index in [9.17, 15) is 9.90 Å². The van der Waals surface area contributed by atoms with Crippen LogP contribution in [0.4, 0.5) is 0 Å². The van der Waals surface area contributed by atoms with E-state index in [-0.39, 0.29) is 18.7 Å². The van der Waals surface area contributed by atoms with Crippen molar-refractivity contribution in [2.24, 2.45) is 0 Å². The third-order valence-corrected chi connectivity index (χ3v) is 5.62. The molecular formula is C24H19ClN4O3. The summed E-state index contributed by atoms with van der Waals surface area (Å²) in [6.45, 7) is 1.75. The Hall–Kier alpha value is -3.68. The molecule has 7 nitrogen and oxygen atoms in total. The lowest BCUT2D eigenvalue weighted by Crippen LogP contribution is -2.23. The van der Waals surface area contributed by atoms with Crippen molar-refractivity contribution in [1.29, 1.82) is 0 Å². The minimum atomic E-state index is -0.295. The lowest BCUT2D eigenvalue weighted by Gasteiger charge is -2.05. The number of aromatic nitrogens is 4. The SMILES string of the molecule is Cc1oc(-c2ccc(Cl)cc2)nc1Cn1ccn2nc(-c3ccccc3)c(CO)c2c1=O. The quantitative estimate of drug-likeness (QED) is 0.434. The molecule has 32 heavy (non-hydrogen) atoms. The fourth-order valence-electron chi connectivity index (χ4n) is 3.71. The standard InChI is InChI=1S/C24H19ClN4O3/c1-15-20(26-23(32-15)17-7-9-18(25)10-8-17)13-28-11-12-29-22(24(28)31)19(14-30)21(27-29)16-5-3-2-4-6-16/h2-12,30H,13-14H2,1H3. The molecule has 0 unspecified atom stereocenters. The van der Waals surface area contributed by atoms with Crippen molar-refractivity contribution >= 4 is 17.1 Å². The number of oxazole rings is 1. The summed E-state index contributed by atoms with van der Waals surface area (Å²) in [5.74, 6) is 1.10. The average molecular weight is 447 g/mol. The summed E-state index contributed by atoms with van der Waals surface area (Å²) in [7, 11) is 0. The number of fused-ring (bicyclic) bond motifs is 1. The van der Waals surface area contributed by atoms with Gasteiger partial charge in [0.15, 0.2) is 0 Å². The van der Waals surface area contributed by atoms with Crippen molar-refractivity contribution < 1.29 is 9.52 Å². The first-order valence-electron chi connectivity index (χ1n) is 10.0. The third-order valence-electron chi connectivity index (χ3n) is 5.37. The molecule has 0 atom stereocenters. The summed E-state index contributed by atoms with van der Waals surface area (Å²) in [5, 5.41) is 15.2. The van der Waals surface area contributed by atoms with E-state index in [4.69, 9.17) is 16.0 Å². The Bertz CT molecular complexity index is 1470. The molecule has 0 amide bonds. The van der Waals surface area contributed by atoms with Crippen LogP contribution >= 0.6 is 11.6 Å². The number of benzene rings is 2. The number of aryl methyl sites for hydroxylation is 1. The number of hydrogen-bond acceptors (Lipinski definition) is 5. The first kappa shape index (κ1) is 20.2. The molecule has 0 aliphatic heterocycles. The molecule has 160 valence electrons. The molecule has 0 aliphatic rings. The monoisotopic (exact) mass is 446 g/mol. The third kappa shape index (κ3) is 3.51. The van der Waals surface area contributed by atoms with Gasteiger partial charge >= 0.3 is 0 Å². The number of aliphatic hydroxyl groups excluding tert-OH is 1. The van der Waals surface area contributed by atoms with Crippen LogP contribution in [0.25, 0.3) is 28.2 Å². The number of aliphatic hydroxyl groups is 1. The van der Waals surface area contributed by atoms with Crippen molar-refractivity contribution in [3.8, 4) is 22.7 Å². The van der Waals surface area contributed by atoms with Gasteiger partial charge in [-0.05, 0) is 31.2 Å². The molecule has 0 aliphatic carbocycles. The highest BCUT2D eigenvalue weighted by Gasteiger charge is 2.19. The van der Waals surface area contributed by atoms with Crippen molar-refractivity contribution in [1.82, 2.24) is 19.2 Å². The molecule has 3 aromatic heterocycles. The first-order valence-corrected chi connectivity index (χ1v) is 10.4. The van der Waals surface area contributed by atoms with E-state index in [0.717, 1.165) is 11.1 Å². The van der Waals surface area contributed by atoms with E-state index in [1.165, 1.54) is 4.52 Å². The fourth-order valence-corrected chi connectivity index (χ4v) is 3.83. The van der Waals surface area contributed by atoms with Crippen molar-refractivity contribution in [2.75, 3.05) is 0 Å². The van der Waals surface area contributed by atoms with Gasteiger partial charge in [-0.25, -0.2) is 9.50 Å². The Morgan fingerprint density at radius 3 is 2.50 bits per heavy atom. The number of halogens is 1. The predicted molar refractivity (Wildman–Crippen MR) is 122 cm³/mol. The largest absolute Gasteiger partial charge is 0.441 e. The van der Waals surface area contributed by atoms with Crippen molar-refractivity contribution in [3.05, 3.63) is 99.4 Å². The Kier molecular flexibility index (Phi) is 5.13. The van der Waals surface area contributed by atoms with Crippen LogP contribution in [-0.2, 0) is 13.2 Å². The van der Waals surface area contributed by atoms with E-state index in [0.29, 0.717) is 39.1 Å². The van der Waals surface area contributed by atoms with Crippen LogP contribution in [0.15, 0.2) is 76.2 Å². The highest BCUT2D eigenvalue weighted by atomic mass is 35.5. The molecule has 5 rings (SSSR count). The number of hydrogen-bond donors (Lipinski definition) is 1. The number of rotatable bonds is 5. The van der Waals surface area contributed by atoms with Gasteiger partial charge in [-0.15, -0.1) is 0 Å². The number of nitrogens with zero attached hydrogens (tertiary/aromatic N) is 4. The van der Waals surface area contributed by atoms with E-state index in [1.807, 2.05) is 49.4 Å². The molecule has 0 radical (unpaired) electrons. The average Bonchev–Trinajstić information content (AvgIpc) is 3.37. The highest BCUT2D eigenvalue weighted by molar-refractivity contribution is 6.30. The zero-order valence-electron chi connectivity index (χ0n) is 17.2. The maximum Gasteiger partial charge on any atom is 0.277 e. The van der Waals surface area contributed by atoms with Gasteiger partial charge in [0.05, 0.1) is 18.8 Å². The Labute approximate surface area is 188 Å². The summed E-state index contributed by atoms with van der Waals surface area (Å²) < 4.78 is 8.88. The van der Waals surface area contributed by atoms with Gasteiger partial charge in [-0.3, -0.25) is 4.79 Å². The van der Waals surface area contributed by atoms with Crippen LogP contribution in [0.5, 0.6) is 0 Å². The summed E-state index contributed by atoms with van der Waals surface area (Å²) >= 11 is 5.96. The van der Waals surface area contributed by atoms with Gasteiger partial charge < -0.3 is 14.1 Å². The Morgan fingerprint density at radius 2 is 1.78 bits per heavy atom. The summed E-state index contributed by atoms with van der Waals surface area (Å²) in [6, 6.07) is 16.7. The molecule has 0 saturated carbocycles. The molecule has 5 aromatic rings. The molecule has 2 aromatic carbocycles. The normalized spacial score (nSPS) is 11.3. The Morgan fingerprint density at radius 1 is 1.03 bits per heavy atom. The zero-order chi connectivity index (χ0) is 22.2. The summed E-state index contributed by atoms with van der Waals surface area (Å²) in [4.78, 5) is 17.9. The van der Waals surface area contributed by atoms with Crippen molar-refractivity contribution in [2.45, 2.75) is 20.1 Å². The van der Waals surface area contributed by atoms with Gasteiger partial charge in [0, 0.05) is 34.1 Å². The second-order valence-electron chi connectivity index (χ2n) is 7.40.